The summed E-state index contributed by atoms with van der Waals surface area (Å²) in [5, 5.41) is 0. The monoisotopic (exact) mass is 287 g/mol. The van der Waals surface area contributed by atoms with Crippen molar-refractivity contribution in [2.45, 2.75) is 12.8 Å². The molecule has 112 valence electrons. The Balaban J connectivity index is 1.30. The molecule has 1 saturated heterocycles. The van der Waals surface area contributed by atoms with Crippen LogP contribution < -0.4 is 9.80 Å². The number of halogens is 1. The number of benzene rings is 1. The van der Waals surface area contributed by atoms with Crippen molar-refractivity contribution < 1.29 is 9.29 Å². The Labute approximate surface area is 126 Å². The smallest absolute Gasteiger partial charge is 0.123 e. The Bertz CT molecular complexity index is 517. The SMILES string of the molecule is Fc1ccc(N2CC[NH+](C[C@H]3C[C@H]4C=C[C@H]3C4)CC2)cc1. The summed E-state index contributed by atoms with van der Waals surface area (Å²) >= 11 is 0. The highest BCUT2D eigenvalue weighted by Gasteiger charge is 2.38. The van der Waals surface area contributed by atoms with Gasteiger partial charge >= 0.3 is 0 Å². The molecule has 2 nitrogen and oxygen atoms in total. The van der Waals surface area contributed by atoms with Crippen LogP contribution in [0.4, 0.5) is 10.1 Å². The average Bonchev–Trinajstić information content (AvgIpc) is 3.12. The molecule has 4 rings (SSSR count). The highest BCUT2D eigenvalue weighted by molar-refractivity contribution is 5.46. The molecule has 1 heterocycles. The lowest BCUT2D eigenvalue weighted by molar-refractivity contribution is -0.904. The van der Waals surface area contributed by atoms with Crippen LogP contribution in [0.5, 0.6) is 0 Å². The number of nitrogens with zero attached hydrogens (tertiary/aromatic N) is 1. The maximum atomic E-state index is 13.0. The van der Waals surface area contributed by atoms with E-state index in [4.69, 9.17) is 0 Å². The van der Waals surface area contributed by atoms with Gasteiger partial charge in [-0.15, -0.1) is 0 Å². The first kappa shape index (κ1) is 13.3. The van der Waals surface area contributed by atoms with Crippen molar-refractivity contribution in [2.24, 2.45) is 17.8 Å². The molecule has 2 bridgehead atoms. The third kappa shape index (κ3) is 2.71. The normalized spacial score (nSPS) is 32.0. The first-order chi connectivity index (χ1) is 10.3. The van der Waals surface area contributed by atoms with Gasteiger partial charge in [0.2, 0.25) is 0 Å². The van der Waals surface area contributed by atoms with Gasteiger partial charge in [-0.25, -0.2) is 4.39 Å². The van der Waals surface area contributed by atoms with Crippen LogP contribution in [0.25, 0.3) is 0 Å². The lowest BCUT2D eigenvalue weighted by atomic mass is 9.93. The largest absolute Gasteiger partial charge is 0.360 e. The first-order valence-corrected chi connectivity index (χ1v) is 8.30. The van der Waals surface area contributed by atoms with E-state index in [1.807, 2.05) is 12.1 Å². The Kier molecular flexibility index (Phi) is 3.46. The molecule has 3 aliphatic rings. The van der Waals surface area contributed by atoms with Crippen LogP contribution in [0.1, 0.15) is 12.8 Å². The minimum atomic E-state index is -0.146. The quantitative estimate of drug-likeness (QED) is 0.832. The second kappa shape index (κ2) is 5.45. The number of fused-ring (bicyclic) bond motifs is 2. The van der Waals surface area contributed by atoms with Gasteiger partial charge < -0.3 is 9.80 Å². The van der Waals surface area contributed by atoms with E-state index in [0.717, 1.165) is 30.8 Å². The predicted molar refractivity (Wildman–Crippen MR) is 83.0 cm³/mol. The molecule has 1 aromatic rings. The minimum absolute atomic E-state index is 0.146. The molecule has 21 heavy (non-hydrogen) atoms. The van der Waals surface area contributed by atoms with Crippen molar-refractivity contribution in [1.82, 2.24) is 0 Å². The fraction of sp³-hybridized carbons (Fsp3) is 0.556. The summed E-state index contributed by atoms with van der Waals surface area (Å²) in [5.74, 6) is 2.54. The van der Waals surface area contributed by atoms with Crippen molar-refractivity contribution in [3.63, 3.8) is 0 Å². The summed E-state index contributed by atoms with van der Waals surface area (Å²) in [4.78, 5) is 4.16. The number of anilines is 1. The first-order valence-electron chi connectivity index (χ1n) is 8.30. The molecule has 0 spiro atoms. The number of hydrogen-bond acceptors (Lipinski definition) is 1. The van der Waals surface area contributed by atoms with Crippen LogP contribution in [0.3, 0.4) is 0 Å². The molecule has 0 radical (unpaired) electrons. The molecule has 0 aromatic heterocycles. The van der Waals surface area contributed by atoms with Gasteiger partial charge in [-0.2, -0.15) is 0 Å². The molecule has 1 N–H and O–H groups in total. The maximum Gasteiger partial charge on any atom is 0.123 e. The maximum absolute atomic E-state index is 13.0. The molecule has 3 atom stereocenters. The molecule has 0 amide bonds. The summed E-state index contributed by atoms with van der Waals surface area (Å²) in [6.45, 7) is 5.97. The molecular weight excluding hydrogens is 263 g/mol. The van der Waals surface area contributed by atoms with Crippen LogP contribution >= 0.6 is 0 Å². The minimum Gasteiger partial charge on any atom is -0.360 e. The third-order valence-corrected chi connectivity index (χ3v) is 5.63. The van der Waals surface area contributed by atoms with E-state index < -0.39 is 0 Å². The third-order valence-electron chi connectivity index (χ3n) is 5.63. The topological polar surface area (TPSA) is 7.68 Å². The summed E-state index contributed by atoms with van der Waals surface area (Å²) in [7, 11) is 0. The van der Waals surface area contributed by atoms with E-state index in [2.05, 4.69) is 17.1 Å². The van der Waals surface area contributed by atoms with E-state index >= 15 is 0 Å². The number of piperazine rings is 1. The number of hydrogen-bond donors (Lipinski definition) is 1. The van der Waals surface area contributed by atoms with Gasteiger partial charge in [-0.05, 0) is 48.9 Å². The van der Waals surface area contributed by atoms with Crippen LogP contribution in [-0.2, 0) is 0 Å². The van der Waals surface area contributed by atoms with E-state index in [-0.39, 0.29) is 5.82 Å². The molecule has 2 fully saturated rings. The van der Waals surface area contributed by atoms with Gasteiger partial charge in [0.15, 0.2) is 0 Å². The molecule has 3 heteroatoms. The lowest BCUT2D eigenvalue weighted by Gasteiger charge is -2.35. The number of quaternary nitrogens is 1. The van der Waals surface area contributed by atoms with E-state index in [1.165, 1.54) is 38.2 Å². The molecule has 0 unspecified atom stereocenters. The highest BCUT2D eigenvalue weighted by atomic mass is 19.1. The highest BCUT2D eigenvalue weighted by Crippen LogP contribution is 2.42. The Morgan fingerprint density at radius 2 is 1.81 bits per heavy atom. The van der Waals surface area contributed by atoms with Gasteiger partial charge in [0.25, 0.3) is 0 Å². The molecule has 1 aromatic carbocycles. The fourth-order valence-corrected chi connectivity index (χ4v) is 4.44. The van der Waals surface area contributed by atoms with E-state index in [0.29, 0.717) is 0 Å². The van der Waals surface area contributed by atoms with Crippen molar-refractivity contribution in [3.8, 4) is 0 Å². The van der Waals surface area contributed by atoms with Gasteiger partial charge in [-0.3, -0.25) is 0 Å². The van der Waals surface area contributed by atoms with Crippen LogP contribution in [-0.4, -0.2) is 32.7 Å². The van der Waals surface area contributed by atoms with Crippen molar-refractivity contribution in [2.75, 3.05) is 37.6 Å². The summed E-state index contributed by atoms with van der Waals surface area (Å²) in [6.07, 6.45) is 7.74. The number of rotatable bonds is 3. The van der Waals surface area contributed by atoms with Crippen LogP contribution in [0.2, 0.25) is 0 Å². The summed E-state index contributed by atoms with van der Waals surface area (Å²) < 4.78 is 13.0. The van der Waals surface area contributed by atoms with Gasteiger partial charge in [-0.1, -0.05) is 12.2 Å². The number of allylic oxidation sites excluding steroid dienone is 2. The lowest BCUT2D eigenvalue weighted by Crippen LogP contribution is -3.15. The number of nitrogens with one attached hydrogen (secondary N) is 1. The van der Waals surface area contributed by atoms with Crippen molar-refractivity contribution in [3.05, 3.63) is 42.2 Å². The fourth-order valence-electron chi connectivity index (χ4n) is 4.44. The predicted octanol–water partition coefficient (Wildman–Crippen LogP) is 1.74. The zero-order valence-corrected chi connectivity index (χ0v) is 12.5. The second-order valence-electron chi connectivity index (χ2n) is 6.96. The Hall–Kier alpha value is -1.35. The molecule has 2 aliphatic carbocycles. The Morgan fingerprint density at radius 1 is 1.05 bits per heavy atom. The van der Waals surface area contributed by atoms with Gasteiger partial charge in [0.05, 0.1) is 32.7 Å². The van der Waals surface area contributed by atoms with Crippen LogP contribution in [0, 0.1) is 23.6 Å². The van der Waals surface area contributed by atoms with Gasteiger partial charge in [0, 0.05) is 11.6 Å². The van der Waals surface area contributed by atoms with Crippen molar-refractivity contribution in [1.29, 1.82) is 0 Å². The molecular formula is C18H24FN2+. The average molecular weight is 287 g/mol. The second-order valence-corrected chi connectivity index (χ2v) is 6.96. The van der Waals surface area contributed by atoms with Crippen molar-refractivity contribution >= 4 is 5.69 Å². The zero-order valence-electron chi connectivity index (χ0n) is 12.5. The van der Waals surface area contributed by atoms with Gasteiger partial charge in [0.1, 0.15) is 5.82 Å². The van der Waals surface area contributed by atoms with E-state index in [1.54, 1.807) is 17.0 Å². The van der Waals surface area contributed by atoms with Crippen LogP contribution in [0.15, 0.2) is 36.4 Å². The molecule has 1 aliphatic heterocycles. The Morgan fingerprint density at radius 3 is 2.43 bits per heavy atom. The summed E-state index contributed by atoms with van der Waals surface area (Å²) in [6, 6.07) is 6.94. The van der Waals surface area contributed by atoms with E-state index in [9.17, 15) is 4.39 Å². The zero-order chi connectivity index (χ0) is 14.2. The summed E-state index contributed by atoms with van der Waals surface area (Å²) in [5.41, 5.74) is 1.17. The standard InChI is InChI=1S/C18H23FN2/c19-17-3-5-18(6-4-17)21-9-7-20(8-10-21)13-16-12-14-1-2-15(16)11-14/h1-6,14-16H,7-13H2/p+1/t14-,15-,16+/m0/s1. The molecule has 1 saturated carbocycles.